The predicted octanol–water partition coefficient (Wildman–Crippen LogP) is 2.98. The number of hydrogen-bond acceptors (Lipinski definition) is 5. The summed E-state index contributed by atoms with van der Waals surface area (Å²) in [7, 11) is 1.44. The topological polar surface area (TPSA) is 103 Å². The summed E-state index contributed by atoms with van der Waals surface area (Å²) < 4.78 is 7.85. The molecule has 3 aromatic rings. The van der Waals surface area contributed by atoms with Gasteiger partial charge in [-0.05, 0) is 62.7 Å². The van der Waals surface area contributed by atoms with E-state index >= 15 is 0 Å². The molecule has 2 aromatic carbocycles. The average molecular weight is 394 g/mol. The van der Waals surface area contributed by atoms with Gasteiger partial charge in [0.1, 0.15) is 12.4 Å². The second-order valence-corrected chi connectivity index (χ2v) is 6.96. The molecule has 0 saturated heterocycles. The Morgan fingerprint density at radius 1 is 1.10 bits per heavy atom. The summed E-state index contributed by atoms with van der Waals surface area (Å²) in [6.07, 6.45) is 0. The molecule has 0 unspecified atom stereocenters. The van der Waals surface area contributed by atoms with Crippen LogP contribution in [0.15, 0.2) is 48.5 Å². The van der Waals surface area contributed by atoms with Gasteiger partial charge in [0.25, 0.3) is 0 Å². The second kappa shape index (κ2) is 8.34. The lowest BCUT2D eigenvalue weighted by molar-refractivity contribution is 0.216. The van der Waals surface area contributed by atoms with Crippen LogP contribution in [0.3, 0.4) is 0 Å². The highest BCUT2D eigenvalue weighted by molar-refractivity contribution is 5.91. The normalized spacial score (nSPS) is 10.7. The van der Waals surface area contributed by atoms with Gasteiger partial charge in [0.2, 0.25) is 0 Å². The number of amides is 2. The van der Waals surface area contributed by atoms with E-state index < -0.39 is 6.03 Å². The van der Waals surface area contributed by atoms with Crippen molar-refractivity contribution >= 4 is 11.7 Å². The van der Waals surface area contributed by atoms with E-state index in [9.17, 15) is 4.79 Å². The lowest BCUT2D eigenvalue weighted by Crippen LogP contribution is -2.49. The fourth-order valence-electron chi connectivity index (χ4n) is 3.10. The third-order valence-corrected chi connectivity index (χ3v) is 4.63. The first-order valence-corrected chi connectivity index (χ1v) is 9.20. The highest BCUT2D eigenvalue weighted by atomic mass is 16.5. The number of hydrazine groups is 2. The molecule has 0 fully saturated rings. The molecule has 0 spiro atoms. The Kier molecular flexibility index (Phi) is 5.86. The molecule has 8 nitrogen and oxygen atoms in total. The van der Waals surface area contributed by atoms with Crippen molar-refractivity contribution in [2.24, 2.45) is 11.7 Å². The molecule has 0 aliphatic heterocycles. The second-order valence-electron chi connectivity index (χ2n) is 6.96. The molecule has 0 bridgehead atoms. The highest BCUT2D eigenvalue weighted by Gasteiger charge is 2.19. The van der Waals surface area contributed by atoms with Crippen LogP contribution in [0.5, 0.6) is 5.75 Å². The van der Waals surface area contributed by atoms with Crippen molar-refractivity contribution < 1.29 is 9.53 Å². The molecule has 0 aliphatic carbocycles. The fraction of sp³-hybridized carbons (Fsp3) is 0.238. The highest BCUT2D eigenvalue weighted by Crippen LogP contribution is 2.25. The molecule has 1 aromatic heterocycles. The summed E-state index contributed by atoms with van der Waals surface area (Å²) in [4.78, 5) is 12.1. The Hall–Kier alpha value is -3.36. The average Bonchev–Trinajstić information content (AvgIpc) is 3.04. The van der Waals surface area contributed by atoms with E-state index in [1.165, 1.54) is 7.05 Å². The third-order valence-electron chi connectivity index (χ3n) is 4.63. The van der Waals surface area contributed by atoms with Crippen molar-refractivity contribution in [1.29, 1.82) is 0 Å². The van der Waals surface area contributed by atoms with Crippen molar-refractivity contribution in [1.82, 2.24) is 14.8 Å². The van der Waals surface area contributed by atoms with Gasteiger partial charge in [-0.15, -0.1) is 0 Å². The Labute approximate surface area is 170 Å². The van der Waals surface area contributed by atoms with E-state index in [4.69, 9.17) is 16.4 Å². The third kappa shape index (κ3) is 4.39. The molecular formula is C21H26N6O2. The molecule has 29 heavy (non-hydrogen) atoms. The van der Waals surface area contributed by atoms with Gasteiger partial charge in [0, 0.05) is 18.3 Å². The molecule has 1 heterocycles. The monoisotopic (exact) mass is 394 g/mol. The first-order valence-electron chi connectivity index (χ1n) is 9.20. The Morgan fingerprint density at radius 3 is 2.38 bits per heavy atom. The lowest BCUT2D eigenvalue weighted by atomic mass is 10.1. The summed E-state index contributed by atoms with van der Waals surface area (Å²) in [6.45, 7) is 6.19. The van der Waals surface area contributed by atoms with Crippen molar-refractivity contribution in [2.45, 2.75) is 27.4 Å². The van der Waals surface area contributed by atoms with E-state index in [0.717, 1.165) is 38.2 Å². The van der Waals surface area contributed by atoms with Crippen LogP contribution in [0, 0.1) is 20.8 Å². The first-order chi connectivity index (χ1) is 13.8. The molecule has 0 saturated carbocycles. The summed E-state index contributed by atoms with van der Waals surface area (Å²) in [5.41, 5.74) is 5.32. The van der Waals surface area contributed by atoms with Gasteiger partial charge in [0.05, 0.1) is 17.1 Å². The predicted molar refractivity (Wildman–Crippen MR) is 113 cm³/mol. The molecule has 0 radical (unpaired) electrons. The minimum Gasteiger partial charge on any atom is -0.489 e. The number of nitrogens with two attached hydrogens (primary N) is 2. The van der Waals surface area contributed by atoms with Crippen molar-refractivity contribution in [3.05, 3.63) is 71.0 Å². The summed E-state index contributed by atoms with van der Waals surface area (Å²) in [6, 6.07) is 14.7. The number of benzene rings is 2. The maximum absolute atomic E-state index is 12.1. The molecule has 152 valence electrons. The molecule has 8 heteroatoms. The maximum atomic E-state index is 12.1. The summed E-state index contributed by atoms with van der Waals surface area (Å²) in [5, 5.41) is 6.45. The van der Waals surface area contributed by atoms with E-state index in [2.05, 4.69) is 5.10 Å². The first kappa shape index (κ1) is 20.4. The Balaban J connectivity index is 1.78. The minimum absolute atomic E-state index is 0.260. The Bertz CT molecular complexity index is 1010. The van der Waals surface area contributed by atoms with Crippen LogP contribution in [0.1, 0.15) is 22.5 Å². The molecule has 2 amide bonds. The number of anilines is 1. The number of urea groups is 1. The standard InChI is InChI=1S/C21H26N6O2/c1-14-6-5-7-20(26(23)21(28)25(4)22)19(14)13-29-18-10-8-17(9-11-18)27-16(3)12-15(2)24-27/h5-12H,13,22-23H2,1-4H3. The van der Waals surface area contributed by atoms with E-state index in [0.29, 0.717) is 11.4 Å². The van der Waals surface area contributed by atoms with E-state index in [1.807, 2.05) is 67.9 Å². The molecular weight excluding hydrogens is 368 g/mol. The molecule has 0 aliphatic rings. The number of carbonyl (C=O) groups is 1. The number of aromatic nitrogens is 2. The van der Waals surface area contributed by atoms with Crippen molar-refractivity contribution in [3.8, 4) is 11.4 Å². The zero-order chi connectivity index (χ0) is 21.1. The smallest absolute Gasteiger partial charge is 0.352 e. The van der Waals surface area contributed by atoms with E-state index in [1.54, 1.807) is 6.07 Å². The zero-order valence-corrected chi connectivity index (χ0v) is 17.1. The van der Waals surface area contributed by atoms with Crippen LogP contribution < -0.4 is 21.4 Å². The van der Waals surface area contributed by atoms with Crippen LogP contribution in [-0.2, 0) is 6.61 Å². The van der Waals surface area contributed by atoms with Gasteiger partial charge < -0.3 is 4.74 Å². The molecule has 0 atom stereocenters. The van der Waals surface area contributed by atoms with Crippen LogP contribution in [0.25, 0.3) is 5.69 Å². The number of rotatable bonds is 5. The van der Waals surface area contributed by atoms with Gasteiger partial charge >= 0.3 is 6.03 Å². The molecule has 4 N–H and O–H groups in total. The number of aryl methyl sites for hydroxylation is 3. The van der Waals surface area contributed by atoms with Gasteiger partial charge in [-0.25, -0.2) is 26.2 Å². The van der Waals surface area contributed by atoms with Crippen LogP contribution >= 0.6 is 0 Å². The summed E-state index contributed by atoms with van der Waals surface area (Å²) >= 11 is 0. The number of carbonyl (C=O) groups excluding carboxylic acids is 1. The van der Waals surface area contributed by atoms with Crippen molar-refractivity contribution in [3.63, 3.8) is 0 Å². The van der Waals surface area contributed by atoms with E-state index in [-0.39, 0.29) is 6.61 Å². The minimum atomic E-state index is -0.522. The Morgan fingerprint density at radius 2 is 1.79 bits per heavy atom. The van der Waals surface area contributed by atoms with Gasteiger partial charge in [0.15, 0.2) is 0 Å². The van der Waals surface area contributed by atoms with Gasteiger partial charge in [-0.1, -0.05) is 12.1 Å². The largest absolute Gasteiger partial charge is 0.489 e. The van der Waals surface area contributed by atoms with Crippen molar-refractivity contribution in [2.75, 3.05) is 12.1 Å². The SMILES string of the molecule is Cc1cc(C)n(-c2ccc(OCc3c(C)cccc3N(N)C(=O)N(C)N)cc2)n1. The number of hydrogen-bond donors (Lipinski definition) is 2. The number of ether oxygens (including phenoxy) is 1. The summed E-state index contributed by atoms with van der Waals surface area (Å²) in [5.74, 6) is 12.2. The van der Waals surface area contributed by atoms with Gasteiger partial charge in [-0.2, -0.15) is 5.10 Å². The zero-order valence-electron chi connectivity index (χ0n) is 17.1. The quantitative estimate of drug-likeness (QED) is 0.393. The lowest BCUT2D eigenvalue weighted by Gasteiger charge is -2.24. The molecule has 3 rings (SSSR count). The van der Waals surface area contributed by atoms with Crippen LogP contribution in [0.4, 0.5) is 10.5 Å². The van der Waals surface area contributed by atoms with Crippen LogP contribution in [-0.4, -0.2) is 27.9 Å². The maximum Gasteiger partial charge on any atom is 0.352 e. The van der Waals surface area contributed by atoms with Crippen LogP contribution in [0.2, 0.25) is 0 Å². The fourth-order valence-corrected chi connectivity index (χ4v) is 3.10. The number of nitrogens with zero attached hydrogens (tertiary/aromatic N) is 4. The van der Waals surface area contributed by atoms with Gasteiger partial charge in [-0.3, -0.25) is 5.01 Å².